The fraction of sp³-hybridized carbons (Fsp3) is 0.733. The Hall–Kier alpha value is -0.840. The van der Waals surface area contributed by atoms with Crippen molar-refractivity contribution in [2.45, 2.75) is 45.4 Å². The number of nitrogens with one attached hydrogen (secondary N) is 1. The van der Waals surface area contributed by atoms with Crippen LogP contribution in [0.1, 0.15) is 32.4 Å². The molecule has 4 nitrogen and oxygen atoms in total. The average molecular weight is 266 g/mol. The van der Waals surface area contributed by atoms with E-state index in [4.69, 9.17) is 9.15 Å². The molecule has 0 bridgehead atoms. The van der Waals surface area contributed by atoms with E-state index in [-0.39, 0.29) is 0 Å². The molecule has 2 atom stereocenters. The Labute approximate surface area is 116 Å². The van der Waals surface area contributed by atoms with Gasteiger partial charge < -0.3 is 14.5 Å². The highest BCUT2D eigenvalue weighted by Gasteiger charge is 2.26. The molecule has 0 saturated carbocycles. The first-order valence-electron chi connectivity index (χ1n) is 7.42. The molecule has 19 heavy (non-hydrogen) atoms. The van der Waals surface area contributed by atoms with Crippen LogP contribution < -0.4 is 5.32 Å². The maximum Gasteiger partial charge on any atom is 0.117 e. The van der Waals surface area contributed by atoms with Gasteiger partial charge in [-0.2, -0.15) is 0 Å². The second-order valence-corrected chi connectivity index (χ2v) is 5.17. The summed E-state index contributed by atoms with van der Waals surface area (Å²) >= 11 is 0. The van der Waals surface area contributed by atoms with E-state index in [1.54, 1.807) is 6.26 Å². The molecule has 0 aliphatic carbocycles. The van der Waals surface area contributed by atoms with E-state index >= 15 is 0 Å². The maximum absolute atomic E-state index is 6.08. The summed E-state index contributed by atoms with van der Waals surface area (Å²) in [4.78, 5) is 2.39. The minimum absolute atomic E-state index is 0.374. The van der Waals surface area contributed by atoms with Crippen LogP contribution in [0.3, 0.4) is 0 Å². The molecule has 2 heterocycles. The first kappa shape index (κ1) is 14.6. The van der Waals surface area contributed by atoms with E-state index in [1.165, 1.54) is 12.8 Å². The molecule has 1 aliphatic heterocycles. The lowest BCUT2D eigenvalue weighted by Gasteiger charge is -2.23. The van der Waals surface area contributed by atoms with Crippen molar-refractivity contribution in [3.05, 3.63) is 24.2 Å². The number of hydrogen-bond donors (Lipinski definition) is 1. The third-order valence-corrected chi connectivity index (χ3v) is 3.69. The minimum Gasteiger partial charge on any atom is -0.468 e. The Morgan fingerprint density at radius 2 is 2.16 bits per heavy atom. The lowest BCUT2D eigenvalue weighted by Crippen LogP contribution is -2.33. The molecule has 1 N–H and O–H groups in total. The van der Waals surface area contributed by atoms with Crippen LogP contribution in [0.15, 0.2) is 22.8 Å². The van der Waals surface area contributed by atoms with Gasteiger partial charge in [-0.1, -0.05) is 13.8 Å². The van der Waals surface area contributed by atoms with Gasteiger partial charge in [-0.3, -0.25) is 4.90 Å². The molecule has 1 aliphatic rings. The van der Waals surface area contributed by atoms with Crippen LogP contribution in [0.2, 0.25) is 0 Å². The van der Waals surface area contributed by atoms with Gasteiger partial charge in [0.1, 0.15) is 5.76 Å². The zero-order valence-electron chi connectivity index (χ0n) is 12.1. The molecule has 108 valence electrons. The van der Waals surface area contributed by atoms with E-state index in [1.807, 2.05) is 12.1 Å². The first-order chi connectivity index (χ1) is 9.31. The molecule has 1 saturated heterocycles. The summed E-state index contributed by atoms with van der Waals surface area (Å²) in [6.07, 6.45) is 4.85. The van der Waals surface area contributed by atoms with Gasteiger partial charge in [-0.15, -0.1) is 0 Å². The summed E-state index contributed by atoms with van der Waals surface area (Å²) < 4.78 is 11.5. The second kappa shape index (κ2) is 7.68. The van der Waals surface area contributed by atoms with Crippen LogP contribution in [0.25, 0.3) is 0 Å². The van der Waals surface area contributed by atoms with Crippen molar-refractivity contribution in [3.8, 4) is 0 Å². The Bertz CT molecular complexity index is 340. The van der Waals surface area contributed by atoms with Gasteiger partial charge >= 0.3 is 0 Å². The van der Waals surface area contributed by atoms with Crippen molar-refractivity contribution < 1.29 is 9.15 Å². The summed E-state index contributed by atoms with van der Waals surface area (Å²) in [7, 11) is 0. The van der Waals surface area contributed by atoms with Crippen molar-refractivity contribution >= 4 is 0 Å². The second-order valence-electron chi connectivity index (χ2n) is 5.17. The molecule has 0 amide bonds. The smallest absolute Gasteiger partial charge is 0.117 e. The predicted molar refractivity (Wildman–Crippen MR) is 76.1 cm³/mol. The Morgan fingerprint density at radius 3 is 2.84 bits per heavy atom. The number of hydrogen-bond acceptors (Lipinski definition) is 4. The average Bonchev–Trinajstić information content (AvgIpc) is 3.07. The van der Waals surface area contributed by atoms with Crippen molar-refractivity contribution in [2.75, 3.05) is 26.2 Å². The van der Waals surface area contributed by atoms with E-state index < -0.39 is 0 Å². The third-order valence-electron chi connectivity index (χ3n) is 3.69. The fourth-order valence-corrected chi connectivity index (χ4v) is 2.59. The Balaban J connectivity index is 1.73. The van der Waals surface area contributed by atoms with Gasteiger partial charge in [0.05, 0.1) is 25.0 Å². The molecule has 0 radical (unpaired) electrons. The van der Waals surface area contributed by atoms with Gasteiger partial charge in [0.2, 0.25) is 0 Å². The van der Waals surface area contributed by atoms with Crippen molar-refractivity contribution in [2.24, 2.45) is 0 Å². The van der Waals surface area contributed by atoms with Gasteiger partial charge in [0, 0.05) is 13.1 Å². The van der Waals surface area contributed by atoms with Crippen LogP contribution in [-0.2, 0) is 11.3 Å². The van der Waals surface area contributed by atoms with Gasteiger partial charge in [-0.05, 0) is 38.1 Å². The Kier molecular flexibility index (Phi) is 5.89. The molecule has 4 heteroatoms. The number of ether oxygens (including phenoxy) is 1. The van der Waals surface area contributed by atoms with Crippen LogP contribution in [0.5, 0.6) is 0 Å². The molecule has 2 rings (SSSR count). The minimum atomic E-state index is 0.374. The van der Waals surface area contributed by atoms with Crippen LogP contribution in [0, 0.1) is 0 Å². The molecule has 1 fully saturated rings. The van der Waals surface area contributed by atoms with Gasteiger partial charge in [-0.25, -0.2) is 0 Å². The van der Waals surface area contributed by atoms with E-state index in [0.717, 1.165) is 38.5 Å². The quantitative estimate of drug-likeness (QED) is 0.783. The first-order valence-corrected chi connectivity index (χ1v) is 7.42. The van der Waals surface area contributed by atoms with Crippen LogP contribution in [-0.4, -0.2) is 43.3 Å². The lowest BCUT2D eigenvalue weighted by molar-refractivity contribution is 0.0219. The van der Waals surface area contributed by atoms with Crippen molar-refractivity contribution in [3.63, 3.8) is 0 Å². The highest BCUT2D eigenvalue weighted by atomic mass is 16.5. The zero-order chi connectivity index (χ0) is 13.5. The van der Waals surface area contributed by atoms with Gasteiger partial charge in [0.15, 0.2) is 0 Å². The summed E-state index contributed by atoms with van der Waals surface area (Å²) in [5.41, 5.74) is 0. The molecule has 0 spiro atoms. The topological polar surface area (TPSA) is 37.6 Å². The summed E-state index contributed by atoms with van der Waals surface area (Å²) in [5.74, 6) is 1.03. The number of rotatable bonds is 8. The normalized spacial score (nSPS) is 23.3. The number of nitrogens with zero attached hydrogens (tertiary/aromatic N) is 1. The van der Waals surface area contributed by atoms with Crippen LogP contribution in [0.4, 0.5) is 0 Å². The molecule has 0 aromatic carbocycles. The van der Waals surface area contributed by atoms with Gasteiger partial charge in [0.25, 0.3) is 0 Å². The Morgan fingerprint density at radius 1 is 1.32 bits per heavy atom. The lowest BCUT2D eigenvalue weighted by atomic mass is 10.2. The highest BCUT2D eigenvalue weighted by Crippen LogP contribution is 2.20. The summed E-state index contributed by atoms with van der Waals surface area (Å²) in [6, 6.07) is 3.98. The van der Waals surface area contributed by atoms with E-state index in [0.29, 0.717) is 12.2 Å². The largest absolute Gasteiger partial charge is 0.468 e. The molecule has 1 aromatic rings. The van der Waals surface area contributed by atoms with E-state index in [9.17, 15) is 0 Å². The highest BCUT2D eigenvalue weighted by molar-refractivity contribution is 4.98. The van der Waals surface area contributed by atoms with E-state index in [2.05, 4.69) is 24.1 Å². The predicted octanol–water partition coefficient (Wildman–Crippen LogP) is 2.26. The zero-order valence-corrected chi connectivity index (χ0v) is 12.1. The monoisotopic (exact) mass is 266 g/mol. The molecular formula is C15H26N2O2. The molecule has 2 unspecified atom stereocenters. The summed E-state index contributed by atoms with van der Waals surface area (Å²) in [6.45, 7) is 9.23. The van der Waals surface area contributed by atoms with Crippen LogP contribution >= 0.6 is 0 Å². The maximum atomic E-state index is 6.08. The fourth-order valence-electron chi connectivity index (χ4n) is 2.59. The molecule has 1 aromatic heterocycles. The van der Waals surface area contributed by atoms with Crippen molar-refractivity contribution in [1.29, 1.82) is 0 Å². The number of furan rings is 1. The summed E-state index contributed by atoms with van der Waals surface area (Å²) in [5, 5.41) is 3.36. The molecular weight excluding hydrogens is 240 g/mol. The standard InChI is InChI=1S/C15H26N2O2/c1-3-16-10-13-7-8-15(19-13)12-17(4-2)11-14-6-5-9-18-14/h5-6,9,13,15-16H,3-4,7-8,10-12H2,1-2H3. The van der Waals surface area contributed by atoms with Crippen molar-refractivity contribution in [1.82, 2.24) is 10.2 Å². The third kappa shape index (κ3) is 4.64. The number of likely N-dealkylation sites (N-methyl/N-ethyl adjacent to an activating group) is 2. The SMILES string of the molecule is CCNCC1CCC(CN(CC)Cc2ccco2)O1.